The molecule has 0 N–H and O–H groups in total. The standard InChI is InChI=1S/C40H24N6O/c1-3-9-26(10-4-1)37-44-38(27-11-5-2-6-12-27)46-39(45-37)28-17-15-25(16-18-28)35-30-14-8-7-13-29(30)23-42-36(35)33-20-19-31-32-24-41-22-21-34(32)47-40(31)43-33/h1-24H. The summed E-state index contributed by atoms with van der Waals surface area (Å²) in [5.74, 6) is 1.86. The summed E-state index contributed by atoms with van der Waals surface area (Å²) in [7, 11) is 0. The number of pyridine rings is 3. The minimum Gasteiger partial charge on any atom is -0.438 e. The molecule has 9 aromatic rings. The molecule has 0 radical (unpaired) electrons. The van der Waals surface area contributed by atoms with Crippen molar-refractivity contribution in [1.82, 2.24) is 29.9 Å². The maximum absolute atomic E-state index is 6.10. The van der Waals surface area contributed by atoms with Crippen molar-refractivity contribution in [2.24, 2.45) is 0 Å². The maximum Gasteiger partial charge on any atom is 0.227 e. The van der Waals surface area contributed by atoms with Gasteiger partial charge < -0.3 is 4.42 Å². The molecule has 0 fully saturated rings. The van der Waals surface area contributed by atoms with Gasteiger partial charge in [0.1, 0.15) is 5.58 Å². The quantitative estimate of drug-likeness (QED) is 0.193. The molecule has 0 saturated heterocycles. The Morgan fingerprint density at radius 1 is 0.447 bits per heavy atom. The van der Waals surface area contributed by atoms with Gasteiger partial charge in [-0.25, -0.2) is 19.9 Å². The maximum atomic E-state index is 6.10. The van der Waals surface area contributed by atoms with E-state index in [0.717, 1.165) is 66.3 Å². The summed E-state index contributed by atoms with van der Waals surface area (Å²) < 4.78 is 6.10. The molecular weight excluding hydrogens is 580 g/mol. The van der Waals surface area contributed by atoms with Gasteiger partial charge in [0, 0.05) is 57.0 Å². The molecule has 0 bridgehead atoms. The lowest BCUT2D eigenvalue weighted by molar-refractivity contribution is 0.654. The second-order valence-electron chi connectivity index (χ2n) is 11.2. The van der Waals surface area contributed by atoms with Gasteiger partial charge in [-0.2, -0.15) is 0 Å². The number of aromatic nitrogens is 6. The molecule has 0 amide bonds. The van der Waals surface area contributed by atoms with Gasteiger partial charge in [0.25, 0.3) is 0 Å². The molecule has 0 atom stereocenters. The summed E-state index contributed by atoms with van der Waals surface area (Å²) in [6.07, 6.45) is 5.43. The Hall–Kier alpha value is -6.60. The van der Waals surface area contributed by atoms with E-state index < -0.39 is 0 Å². The summed E-state index contributed by atoms with van der Waals surface area (Å²) in [6, 6.07) is 42.5. The fraction of sp³-hybridized carbons (Fsp3) is 0. The van der Waals surface area contributed by atoms with Gasteiger partial charge in [-0.1, -0.05) is 109 Å². The lowest BCUT2D eigenvalue weighted by atomic mass is 9.95. The fourth-order valence-corrected chi connectivity index (χ4v) is 6.01. The minimum atomic E-state index is 0.556. The predicted molar refractivity (Wildman–Crippen MR) is 185 cm³/mol. The van der Waals surface area contributed by atoms with Crippen LogP contribution >= 0.6 is 0 Å². The zero-order chi connectivity index (χ0) is 31.2. The molecule has 0 aliphatic rings. The molecule has 0 saturated carbocycles. The first-order valence-corrected chi connectivity index (χ1v) is 15.3. The number of furan rings is 1. The third kappa shape index (κ3) is 4.78. The van der Waals surface area contributed by atoms with E-state index in [4.69, 9.17) is 29.3 Å². The van der Waals surface area contributed by atoms with Crippen LogP contribution in [0, 0.1) is 0 Å². The van der Waals surface area contributed by atoms with Crippen molar-refractivity contribution >= 4 is 32.8 Å². The highest BCUT2D eigenvalue weighted by molar-refractivity contribution is 6.05. The zero-order valence-corrected chi connectivity index (χ0v) is 24.9. The van der Waals surface area contributed by atoms with E-state index >= 15 is 0 Å². The molecule has 0 unspecified atom stereocenters. The van der Waals surface area contributed by atoms with E-state index in [1.165, 1.54) is 0 Å². The van der Waals surface area contributed by atoms with Crippen molar-refractivity contribution in [1.29, 1.82) is 0 Å². The minimum absolute atomic E-state index is 0.556. The lowest BCUT2D eigenvalue weighted by Crippen LogP contribution is -2.00. The second kappa shape index (κ2) is 11.1. The van der Waals surface area contributed by atoms with Crippen LogP contribution in [0.15, 0.2) is 150 Å². The van der Waals surface area contributed by atoms with Gasteiger partial charge in [0.2, 0.25) is 5.71 Å². The Labute approximate surface area is 269 Å². The van der Waals surface area contributed by atoms with Crippen molar-refractivity contribution < 1.29 is 4.42 Å². The monoisotopic (exact) mass is 604 g/mol. The Morgan fingerprint density at radius 2 is 1.06 bits per heavy atom. The second-order valence-corrected chi connectivity index (χ2v) is 11.2. The van der Waals surface area contributed by atoms with Gasteiger partial charge in [-0.3, -0.25) is 9.97 Å². The smallest absolute Gasteiger partial charge is 0.227 e. The van der Waals surface area contributed by atoms with Gasteiger partial charge >= 0.3 is 0 Å². The average Bonchev–Trinajstić information content (AvgIpc) is 3.53. The SMILES string of the molecule is c1ccc(-c2nc(-c3ccccc3)nc(-c3ccc(-c4c(-c5ccc6c(n5)oc5ccncc56)ncc5ccccc45)cc3)n2)cc1. The highest BCUT2D eigenvalue weighted by atomic mass is 16.3. The van der Waals surface area contributed by atoms with Crippen LogP contribution in [0.3, 0.4) is 0 Å². The van der Waals surface area contributed by atoms with Crippen LogP contribution in [-0.2, 0) is 0 Å². The van der Waals surface area contributed by atoms with Crippen LogP contribution < -0.4 is 0 Å². The molecule has 0 aliphatic heterocycles. The molecular formula is C40H24N6O. The van der Waals surface area contributed by atoms with E-state index in [0.29, 0.717) is 23.2 Å². The first-order chi connectivity index (χ1) is 23.3. The number of nitrogens with zero attached hydrogens (tertiary/aromatic N) is 6. The van der Waals surface area contributed by atoms with Gasteiger partial charge in [-0.05, 0) is 29.1 Å². The predicted octanol–water partition coefficient (Wildman–Crippen LogP) is 9.44. The third-order valence-electron chi connectivity index (χ3n) is 8.31. The van der Waals surface area contributed by atoms with Crippen LogP contribution in [-0.4, -0.2) is 29.9 Å². The largest absolute Gasteiger partial charge is 0.438 e. The highest BCUT2D eigenvalue weighted by Crippen LogP contribution is 2.38. The summed E-state index contributed by atoms with van der Waals surface area (Å²) in [4.78, 5) is 28.8. The third-order valence-corrected chi connectivity index (χ3v) is 8.31. The lowest BCUT2D eigenvalue weighted by Gasteiger charge is -2.13. The highest BCUT2D eigenvalue weighted by Gasteiger charge is 2.18. The fourth-order valence-electron chi connectivity index (χ4n) is 6.01. The summed E-state index contributed by atoms with van der Waals surface area (Å²) in [5.41, 5.74) is 7.56. The molecule has 0 spiro atoms. The number of hydrogen-bond acceptors (Lipinski definition) is 7. The van der Waals surface area contributed by atoms with Crippen LogP contribution in [0.25, 0.3) is 89.5 Å². The number of hydrogen-bond donors (Lipinski definition) is 0. The molecule has 9 rings (SSSR count). The molecule has 4 aromatic carbocycles. The van der Waals surface area contributed by atoms with Crippen molar-refractivity contribution in [3.63, 3.8) is 0 Å². The van der Waals surface area contributed by atoms with E-state index in [9.17, 15) is 0 Å². The van der Waals surface area contributed by atoms with Crippen molar-refractivity contribution in [3.05, 3.63) is 146 Å². The van der Waals surface area contributed by atoms with Crippen molar-refractivity contribution in [2.45, 2.75) is 0 Å². The molecule has 7 heteroatoms. The van der Waals surface area contributed by atoms with Gasteiger partial charge in [0.15, 0.2) is 17.5 Å². The van der Waals surface area contributed by atoms with E-state index in [2.05, 4.69) is 41.4 Å². The first-order valence-electron chi connectivity index (χ1n) is 15.3. The summed E-state index contributed by atoms with van der Waals surface area (Å²) in [5, 5.41) is 3.99. The van der Waals surface area contributed by atoms with Crippen molar-refractivity contribution in [3.8, 4) is 56.7 Å². The molecule has 5 aromatic heterocycles. The van der Waals surface area contributed by atoms with Crippen LogP contribution in [0.1, 0.15) is 0 Å². The van der Waals surface area contributed by atoms with E-state index in [1.54, 1.807) is 6.20 Å². The van der Waals surface area contributed by atoms with Crippen LogP contribution in [0.5, 0.6) is 0 Å². The molecule has 47 heavy (non-hydrogen) atoms. The first kappa shape index (κ1) is 26.8. The normalized spacial score (nSPS) is 11.4. The zero-order valence-electron chi connectivity index (χ0n) is 24.9. The van der Waals surface area contributed by atoms with Gasteiger partial charge in [0.05, 0.1) is 11.4 Å². The Balaban J connectivity index is 1.18. The van der Waals surface area contributed by atoms with Crippen LogP contribution in [0.2, 0.25) is 0 Å². The number of fused-ring (bicyclic) bond motifs is 4. The molecule has 220 valence electrons. The molecule has 0 aliphatic carbocycles. The van der Waals surface area contributed by atoms with Crippen LogP contribution in [0.4, 0.5) is 0 Å². The van der Waals surface area contributed by atoms with E-state index in [-0.39, 0.29) is 0 Å². The average molecular weight is 605 g/mol. The number of rotatable bonds is 5. The van der Waals surface area contributed by atoms with Crippen molar-refractivity contribution in [2.75, 3.05) is 0 Å². The summed E-state index contributed by atoms with van der Waals surface area (Å²) >= 11 is 0. The Morgan fingerprint density at radius 3 is 1.77 bits per heavy atom. The Bertz CT molecular complexity index is 2510. The topological polar surface area (TPSA) is 90.5 Å². The van der Waals surface area contributed by atoms with Gasteiger partial charge in [-0.15, -0.1) is 0 Å². The summed E-state index contributed by atoms with van der Waals surface area (Å²) in [6.45, 7) is 0. The molecule has 7 nitrogen and oxygen atoms in total. The molecule has 5 heterocycles. The number of benzene rings is 4. The van der Waals surface area contributed by atoms with E-state index in [1.807, 2.05) is 103 Å². The Kier molecular flexibility index (Phi) is 6.31.